The van der Waals surface area contributed by atoms with Crippen LogP contribution in [0.5, 0.6) is 0 Å². The Morgan fingerprint density at radius 1 is 1.33 bits per heavy atom. The second-order valence-corrected chi connectivity index (χ2v) is 4.82. The number of nitrogens with two attached hydrogens (primary N) is 1. The first-order chi connectivity index (χ1) is 8.74. The van der Waals surface area contributed by atoms with Crippen molar-refractivity contribution in [3.05, 3.63) is 46.1 Å². The summed E-state index contributed by atoms with van der Waals surface area (Å²) in [6.07, 6.45) is 4.02. The molecule has 0 spiro atoms. The molecule has 0 atom stereocenters. The zero-order valence-corrected chi connectivity index (χ0v) is 10.1. The summed E-state index contributed by atoms with van der Waals surface area (Å²) in [5.41, 5.74) is 7.43. The fourth-order valence-electron chi connectivity index (χ4n) is 2.30. The number of nitrogen functional groups attached to an aromatic ring is 1. The van der Waals surface area contributed by atoms with Crippen LogP contribution >= 0.6 is 0 Å². The number of rotatable bonds is 3. The highest BCUT2D eigenvalue weighted by atomic mass is 16.1. The molecule has 0 amide bonds. The minimum atomic E-state index is -0.0925. The number of hydrogen-bond acceptors (Lipinski definition) is 3. The maximum absolute atomic E-state index is 11.7. The Morgan fingerprint density at radius 3 is 2.67 bits per heavy atom. The molecule has 0 unspecified atom stereocenters. The van der Waals surface area contributed by atoms with Crippen LogP contribution in [0.1, 0.15) is 36.7 Å². The van der Waals surface area contributed by atoms with Gasteiger partial charge >= 0.3 is 5.69 Å². The molecular weight excluding hydrogens is 228 g/mol. The molecule has 1 aliphatic carbocycles. The summed E-state index contributed by atoms with van der Waals surface area (Å²) in [4.78, 5) is 11.7. The van der Waals surface area contributed by atoms with Crippen molar-refractivity contribution in [1.82, 2.24) is 14.8 Å². The Hall–Kier alpha value is -2.04. The molecule has 0 aliphatic heterocycles. The summed E-state index contributed by atoms with van der Waals surface area (Å²) in [6, 6.07) is 8.01. The molecule has 3 rings (SSSR count). The Balaban J connectivity index is 1.88. The van der Waals surface area contributed by atoms with Crippen LogP contribution in [0.3, 0.4) is 0 Å². The van der Waals surface area contributed by atoms with Crippen molar-refractivity contribution in [1.29, 1.82) is 0 Å². The van der Waals surface area contributed by atoms with Gasteiger partial charge in [0.15, 0.2) is 0 Å². The lowest BCUT2D eigenvalue weighted by Crippen LogP contribution is -2.28. The minimum Gasteiger partial charge on any atom is -0.399 e. The Kier molecular flexibility index (Phi) is 2.66. The van der Waals surface area contributed by atoms with Gasteiger partial charge in [0.1, 0.15) is 5.82 Å². The van der Waals surface area contributed by atoms with Gasteiger partial charge in [0.25, 0.3) is 0 Å². The molecule has 0 saturated heterocycles. The van der Waals surface area contributed by atoms with E-state index in [4.69, 9.17) is 5.73 Å². The molecule has 2 aromatic rings. The van der Waals surface area contributed by atoms with Crippen LogP contribution in [0.15, 0.2) is 29.1 Å². The molecule has 3 N–H and O–H groups in total. The van der Waals surface area contributed by atoms with Crippen LogP contribution in [0.4, 0.5) is 5.69 Å². The Labute approximate surface area is 105 Å². The molecule has 5 nitrogen and oxygen atoms in total. The van der Waals surface area contributed by atoms with E-state index < -0.39 is 0 Å². The molecule has 0 radical (unpaired) electrons. The van der Waals surface area contributed by atoms with Crippen molar-refractivity contribution in [3.63, 3.8) is 0 Å². The van der Waals surface area contributed by atoms with Crippen molar-refractivity contribution in [2.45, 2.75) is 31.7 Å². The number of H-pyrrole nitrogens is 1. The van der Waals surface area contributed by atoms with Crippen molar-refractivity contribution >= 4 is 5.69 Å². The number of nitrogens with one attached hydrogen (secondary N) is 1. The highest BCUT2D eigenvalue weighted by molar-refractivity contribution is 5.39. The van der Waals surface area contributed by atoms with E-state index in [9.17, 15) is 4.79 Å². The molecule has 5 heteroatoms. The summed E-state index contributed by atoms with van der Waals surface area (Å²) in [7, 11) is 0. The smallest absolute Gasteiger partial charge is 0.343 e. The third-order valence-electron chi connectivity index (χ3n) is 3.56. The van der Waals surface area contributed by atoms with Crippen LogP contribution in [0.25, 0.3) is 0 Å². The van der Waals surface area contributed by atoms with Crippen LogP contribution in [0.2, 0.25) is 0 Å². The summed E-state index contributed by atoms with van der Waals surface area (Å²) in [6.45, 7) is 0. The topological polar surface area (TPSA) is 76.7 Å². The van der Waals surface area contributed by atoms with Gasteiger partial charge in [-0.15, -0.1) is 0 Å². The summed E-state index contributed by atoms with van der Waals surface area (Å²) in [5.74, 6) is 0.814. The number of aromatic amines is 1. The molecular formula is C13H16N4O. The Morgan fingerprint density at radius 2 is 2.06 bits per heavy atom. The second-order valence-electron chi connectivity index (χ2n) is 4.82. The Bertz CT molecular complexity index is 592. The van der Waals surface area contributed by atoms with Crippen molar-refractivity contribution in [2.24, 2.45) is 0 Å². The van der Waals surface area contributed by atoms with Gasteiger partial charge in [-0.2, -0.15) is 5.10 Å². The molecule has 1 aromatic heterocycles. The van der Waals surface area contributed by atoms with Gasteiger partial charge in [-0.1, -0.05) is 12.1 Å². The molecule has 94 valence electrons. The van der Waals surface area contributed by atoms with Crippen molar-refractivity contribution < 1.29 is 0 Å². The third kappa shape index (κ3) is 1.92. The molecule has 1 saturated carbocycles. The van der Waals surface area contributed by atoms with Gasteiger partial charge in [0.05, 0.1) is 0 Å². The second kappa shape index (κ2) is 4.33. The molecule has 1 fully saturated rings. The summed E-state index contributed by atoms with van der Waals surface area (Å²) >= 11 is 0. The molecule has 1 aromatic carbocycles. The maximum Gasteiger partial charge on any atom is 0.343 e. The minimum absolute atomic E-state index is 0.0925. The van der Waals surface area contributed by atoms with Crippen LogP contribution in [-0.4, -0.2) is 14.8 Å². The first-order valence-corrected chi connectivity index (χ1v) is 6.24. The lowest BCUT2D eigenvalue weighted by atomic mass is 9.92. The van der Waals surface area contributed by atoms with Gasteiger partial charge in [-0.05, 0) is 37.0 Å². The predicted molar refractivity (Wildman–Crippen MR) is 69.4 cm³/mol. The summed E-state index contributed by atoms with van der Waals surface area (Å²) in [5, 5.41) is 6.68. The highest BCUT2D eigenvalue weighted by Gasteiger charge is 2.24. The van der Waals surface area contributed by atoms with E-state index in [1.165, 1.54) is 6.42 Å². The normalized spacial score (nSPS) is 15.6. The standard InChI is InChI=1S/C13H16N4O/c14-10-6-4-9(5-7-10)8-12-15-16-13(18)17(12)11-2-1-3-11/h4-7,11H,1-3,8,14H2,(H,16,18). The van der Waals surface area contributed by atoms with Gasteiger partial charge in [0, 0.05) is 18.2 Å². The van der Waals surface area contributed by atoms with Crippen LogP contribution in [0, 0.1) is 0 Å². The first-order valence-electron chi connectivity index (χ1n) is 6.24. The van der Waals surface area contributed by atoms with Gasteiger partial charge in [-0.3, -0.25) is 4.57 Å². The lowest BCUT2D eigenvalue weighted by Gasteiger charge is -2.26. The van der Waals surface area contributed by atoms with E-state index in [-0.39, 0.29) is 5.69 Å². The quantitative estimate of drug-likeness (QED) is 0.803. The van der Waals surface area contributed by atoms with E-state index in [0.717, 1.165) is 29.9 Å². The molecule has 0 bridgehead atoms. The van der Waals surface area contributed by atoms with Crippen molar-refractivity contribution in [2.75, 3.05) is 5.73 Å². The third-order valence-corrected chi connectivity index (χ3v) is 3.56. The molecule has 1 aliphatic rings. The molecule has 18 heavy (non-hydrogen) atoms. The predicted octanol–water partition coefficient (Wildman–Crippen LogP) is 1.47. The number of nitrogens with zero attached hydrogens (tertiary/aromatic N) is 2. The largest absolute Gasteiger partial charge is 0.399 e. The van der Waals surface area contributed by atoms with Crippen LogP contribution < -0.4 is 11.4 Å². The van der Waals surface area contributed by atoms with E-state index in [2.05, 4.69) is 10.2 Å². The maximum atomic E-state index is 11.7. The van der Waals surface area contributed by atoms with E-state index in [1.807, 2.05) is 24.3 Å². The zero-order chi connectivity index (χ0) is 12.5. The number of benzene rings is 1. The average molecular weight is 244 g/mol. The number of aromatic nitrogens is 3. The van der Waals surface area contributed by atoms with Crippen LogP contribution in [-0.2, 0) is 6.42 Å². The van der Waals surface area contributed by atoms with Gasteiger partial charge < -0.3 is 5.73 Å². The fraction of sp³-hybridized carbons (Fsp3) is 0.385. The number of anilines is 1. The van der Waals surface area contributed by atoms with Gasteiger partial charge in [0.2, 0.25) is 0 Å². The lowest BCUT2D eigenvalue weighted by molar-refractivity contribution is 0.300. The summed E-state index contributed by atoms with van der Waals surface area (Å²) < 4.78 is 1.81. The average Bonchev–Trinajstić information content (AvgIpc) is 2.63. The molecule has 1 heterocycles. The van der Waals surface area contributed by atoms with Gasteiger partial charge in [-0.25, -0.2) is 9.89 Å². The SMILES string of the molecule is Nc1ccc(Cc2n[nH]c(=O)n2C2CCC2)cc1. The first kappa shape index (κ1) is 11.1. The van der Waals surface area contributed by atoms with E-state index >= 15 is 0 Å². The van der Waals surface area contributed by atoms with E-state index in [1.54, 1.807) is 4.57 Å². The fourth-order valence-corrected chi connectivity index (χ4v) is 2.30. The highest BCUT2D eigenvalue weighted by Crippen LogP contribution is 2.31. The monoisotopic (exact) mass is 244 g/mol. The van der Waals surface area contributed by atoms with Crippen molar-refractivity contribution in [3.8, 4) is 0 Å². The zero-order valence-electron chi connectivity index (χ0n) is 10.1. The van der Waals surface area contributed by atoms with E-state index in [0.29, 0.717) is 12.5 Å². The number of hydrogen-bond donors (Lipinski definition) is 2.